The molecule has 4 rings (SSSR count). The average molecular weight is 448 g/mol. The van der Waals surface area contributed by atoms with Crippen LogP contribution in [0.3, 0.4) is 0 Å². The van der Waals surface area contributed by atoms with Crippen molar-refractivity contribution in [1.29, 1.82) is 0 Å². The molecule has 0 bridgehead atoms. The molecule has 9 heteroatoms. The summed E-state index contributed by atoms with van der Waals surface area (Å²) < 4.78 is 5.78. The predicted molar refractivity (Wildman–Crippen MR) is 121 cm³/mol. The Balaban J connectivity index is 1.41. The molecule has 2 N–H and O–H groups in total. The van der Waals surface area contributed by atoms with E-state index in [4.69, 9.17) is 4.42 Å². The fourth-order valence-electron chi connectivity index (χ4n) is 3.63. The molecule has 1 aromatic heterocycles. The average Bonchev–Trinajstić information content (AvgIpc) is 3.31. The predicted octanol–water partition coefficient (Wildman–Crippen LogP) is 2.61. The SMILES string of the molecule is Cc1ccc(NC(=O)CN(C)C(=O)CN2C(=O)N[C@@](C)(c3cc4ccccc4o3)C2=O)cc1. The number of carbonyl (C=O) groups excluding carboxylic acids is 4. The first-order valence-corrected chi connectivity index (χ1v) is 10.4. The minimum Gasteiger partial charge on any atom is -0.458 e. The van der Waals surface area contributed by atoms with E-state index in [0.29, 0.717) is 11.3 Å². The van der Waals surface area contributed by atoms with E-state index >= 15 is 0 Å². The highest BCUT2D eigenvalue weighted by molar-refractivity contribution is 6.09. The van der Waals surface area contributed by atoms with E-state index in [0.717, 1.165) is 15.8 Å². The Morgan fingerprint density at radius 3 is 2.52 bits per heavy atom. The summed E-state index contributed by atoms with van der Waals surface area (Å²) in [7, 11) is 1.44. The third kappa shape index (κ3) is 4.30. The fourth-order valence-corrected chi connectivity index (χ4v) is 3.63. The summed E-state index contributed by atoms with van der Waals surface area (Å²) in [6.07, 6.45) is 0. The maximum absolute atomic E-state index is 13.1. The zero-order chi connectivity index (χ0) is 23.8. The van der Waals surface area contributed by atoms with E-state index < -0.39 is 29.9 Å². The number of hydrogen-bond donors (Lipinski definition) is 2. The Hall–Kier alpha value is -4.14. The molecule has 3 aromatic rings. The normalized spacial score (nSPS) is 17.8. The molecule has 0 aliphatic carbocycles. The standard InChI is InChI=1S/C24H24N4O5/c1-15-8-10-17(11-9-15)25-20(29)13-27(3)21(30)14-28-22(31)24(2,26-23(28)32)19-12-16-6-4-5-7-18(16)33-19/h4-12H,13-14H2,1-3H3,(H,25,29)(H,26,32)/t24-/m0/s1. The van der Waals surface area contributed by atoms with Gasteiger partial charge in [0.1, 0.15) is 17.9 Å². The van der Waals surface area contributed by atoms with Gasteiger partial charge < -0.3 is 20.0 Å². The van der Waals surface area contributed by atoms with Crippen LogP contribution < -0.4 is 10.6 Å². The van der Waals surface area contributed by atoms with Crippen molar-refractivity contribution in [3.05, 3.63) is 65.9 Å². The molecule has 0 spiro atoms. The Morgan fingerprint density at radius 1 is 1.12 bits per heavy atom. The van der Waals surface area contributed by atoms with Gasteiger partial charge >= 0.3 is 6.03 Å². The first-order valence-electron chi connectivity index (χ1n) is 10.4. The molecule has 1 aliphatic rings. The minimum atomic E-state index is -1.43. The molecule has 2 heterocycles. The van der Waals surface area contributed by atoms with Gasteiger partial charge in [0.15, 0.2) is 5.54 Å². The topological polar surface area (TPSA) is 112 Å². The van der Waals surface area contributed by atoms with Crippen LogP contribution in [0.25, 0.3) is 11.0 Å². The van der Waals surface area contributed by atoms with Crippen molar-refractivity contribution in [2.75, 3.05) is 25.5 Å². The zero-order valence-corrected chi connectivity index (χ0v) is 18.5. The maximum Gasteiger partial charge on any atom is 0.325 e. The van der Waals surface area contributed by atoms with Gasteiger partial charge in [-0.05, 0) is 38.1 Å². The van der Waals surface area contributed by atoms with Crippen LogP contribution in [0, 0.1) is 6.92 Å². The lowest BCUT2D eigenvalue weighted by atomic mass is 9.99. The zero-order valence-electron chi connectivity index (χ0n) is 18.5. The molecule has 2 aromatic carbocycles. The highest BCUT2D eigenvalue weighted by Crippen LogP contribution is 2.33. The van der Waals surface area contributed by atoms with Crippen LogP contribution in [0.15, 0.2) is 59.0 Å². The first-order chi connectivity index (χ1) is 15.7. The number of likely N-dealkylation sites (N-methyl/N-ethyl adjacent to an activating group) is 1. The summed E-state index contributed by atoms with van der Waals surface area (Å²) >= 11 is 0. The van der Waals surface area contributed by atoms with Gasteiger partial charge in [-0.2, -0.15) is 0 Å². The van der Waals surface area contributed by atoms with Gasteiger partial charge in [-0.3, -0.25) is 19.3 Å². The number of hydrogen-bond acceptors (Lipinski definition) is 5. The number of aryl methyl sites for hydroxylation is 1. The van der Waals surface area contributed by atoms with Gasteiger partial charge in [0.2, 0.25) is 11.8 Å². The van der Waals surface area contributed by atoms with Crippen LogP contribution >= 0.6 is 0 Å². The number of para-hydroxylation sites is 1. The van der Waals surface area contributed by atoms with E-state index in [-0.39, 0.29) is 18.2 Å². The third-order valence-electron chi connectivity index (χ3n) is 5.63. The highest BCUT2D eigenvalue weighted by Gasteiger charge is 2.51. The van der Waals surface area contributed by atoms with Gasteiger partial charge in [0.05, 0.1) is 6.54 Å². The van der Waals surface area contributed by atoms with E-state index in [1.54, 1.807) is 24.3 Å². The summed E-state index contributed by atoms with van der Waals surface area (Å²) in [4.78, 5) is 52.6. The maximum atomic E-state index is 13.1. The summed E-state index contributed by atoms with van der Waals surface area (Å²) in [5.41, 5.74) is 0.827. The van der Waals surface area contributed by atoms with Crippen LogP contribution in [0.1, 0.15) is 18.2 Å². The Bertz CT molecular complexity index is 1220. The van der Waals surface area contributed by atoms with Gasteiger partial charge in [-0.15, -0.1) is 0 Å². The Labute approximate surface area is 190 Å². The van der Waals surface area contributed by atoms with E-state index in [9.17, 15) is 19.2 Å². The fraction of sp³-hybridized carbons (Fsp3) is 0.250. The monoisotopic (exact) mass is 448 g/mol. The van der Waals surface area contributed by atoms with Gasteiger partial charge in [0.25, 0.3) is 5.91 Å². The number of nitrogens with one attached hydrogen (secondary N) is 2. The van der Waals surface area contributed by atoms with Gasteiger partial charge in [-0.25, -0.2) is 4.79 Å². The molecule has 0 unspecified atom stereocenters. The second-order valence-electron chi connectivity index (χ2n) is 8.26. The quantitative estimate of drug-likeness (QED) is 0.563. The molecule has 33 heavy (non-hydrogen) atoms. The molecular formula is C24H24N4O5. The van der Waals surface area contributed by atoms with Crippen molar-refractivity contribution in [2.45, 2.75) is 19.4 Å². The summed E-state index contributed by atoms with van der Waals surface area (Å²) in [5, 5.41) is 6.13. The summed E-state index contributed by atoms with van der Waals surface area (Å²) in [6.45, 7) is 2.76. The molecule has 1 saturated heterocycles. The van der Waals surface area contributed by atoms with Crippen molar-refractivity contribution < 1.29 is 23.6 Å². The molecule has 1 atom stereocenters. The van der Waals surface area contributed by atoms with Gasteiger partial charge in [-0.1, -0.05) is 35.9 Å². The number of benzene rings is 2. The van der Waals surface area contributed by atoms with Crippen molar-refractivity contribution >= 4 is 40.4 Å². The van der Waals surface area contributed by atoms with Crippen LogP contribution in [-0.4, -0.2) is 53.7 Å². The van der Waals surface area contributed by atoms with Crippen LogP contribution in [-0.2, 0) is 19.9 Å². The van der Waals surface area contributed by atoms with Crippen molar-refractivity contribution in [1.82, 2.24) is 15.1 Å². The Kier molecular flexibility index (Phi) is 5.63. The number of nitrogens with zero attached hydrogens (tertiary/aromatic N) is 2. The molecule has 170 valence electrons. The van der Waals surface area contributed by atoms with E-state index in [1.165, 1.54) is 18.9 Å². The molecule has 5 amide bonds. The molecular weight excluding hydrogens is 424 g/mol. The minimum absolute atomic E-state index is 0.225. The molecule has 9 nitrogen and oxygen atoms in total. The lowest BCUT2D eigenvalue weighted by Crippen LogP contribution is -2.45. The van der Waals surface area contributed by atoms with E-state index in [2.05, 4.69) is 10.6 Å². The highest BCUT2D eigenvalue weighted by atomic mass is 16.3. The number of carbonyl (C=O) groups is 4. The lowest BCUT2D eigenvalue weighted by molar-refractivity contribution is -0.139. The number of rotatable bonds is 6. The number of urea groups is 1. The number of fused-ring (bicyclic) bond motifs is 1. The lowest BCUT2D eigenvalue weighted by Gasteiger charge is -2.21. The van der Waals surface area contributed by atoms with E-state index in [1.807, 2.05) is 37.3 Å². The van der Waals surface area contributed by atoms with Crippen molar-refractivity contribution in [3.8, 4) is 0 Å². The number of furan rings is 1. The number of amides is 5. The molecule has 1 aliphatic heterocycles. The largest absolute Gasteiger partial charge is 0.458 e. The first kappa shape index (κ1) is 22.1. The van der Waals surface area contributed by atoms with Crippen LogP contribution in [0.4, 0.5) is 10.5 Å². The van der Waals surface area contributed by atoms with Crippen LogP contribution in [0.2, 0.25) is 0 Å². The summed E-state index contributed by atoms with van der Waals surface area (Å²) in [5.74, 6) is -1.26. The second-order valence-corrected chi connectivity index (χ2v) is 8.26. The Morgan fingerprint density at radius 2 is 1.82 bits per heavy atom. The number of anilines is 1. The smallest absolute Gasteiger partial charge is 0.325 e. The molecule has 1 fully saturated rings. The van der Waals surface area contributed by atoms with Crippen molar-refractivity contribution in [2.24, 2.45) is 0 Å². The number of imide groups is 1. The summed E-state index contributed by atoms with van der Waals surface area (Å²) in [6, 6.07) is 15.5. The molecule has 0 saturated carbocycles. The van der Waals surface area contributed by atoms with Crippen LogP contribution in [0.5, 0.6) is 0 Å². The molecule has 0 radical (unpaired) electrons. The van der Waals surface area contributed by atoms with Gasteiger partial charge in [0, 0.05) is 18.1 Å². The van der Waals surface area contributed by atoms with Crippen molar-refractivity contribution in [3.63, 3.8) is 0 Å². The second kappa shape index (κ2) is 8.42. The third-order valence-corrected chi connectivity index (χ3v) is 5.63.